The third kappa shape index (κ3) is 2.54. The summed E-state index contributed by atoms with van der Waals surface area (Å²) in [5.41, 5.74) is 6.81. The number of rotatable bonds is 2. The van der Waals surface area contributed by atoms with Gasteiger partial charge in [0, 0.05) is 34.1 Å². The van der Waals surface area contributed by atoms with E-state index in [-0.39, 0.29) is 5.91 Å². The molecule has 4 aromatic carbocycles. The molecule has 0 saturated carbocycles. The summed E-state index contributed by atoms with van der Waals surface area (Å²) in [6, 6.07) is 33.8. The lowest BCUT2D eigenvalue weighted by Gasteiger charge is -2.45. The Morgan fingerprint density at radius 2 is 1.42 bits per heavy atom. The number of fused-ring (bicyclic) bond motifs is 6. The van der Waals surface area contributed by atoms with Crippen LogP contribution in [0.4, 0.5) is 5.69 Å². The maximum absolute atomic E-state index is 14.2. The normalized spacial score (nSPS) is 20.1. The van der Waals surface area contributed by atoms with Gasteiger partial charge in [-0.2, -0.15) is 5.48 Å². The first kappa shape index (κ1) is 21.4. The smallest absolute Gasteiger partial charge is 0.258 e. The maximum Gasteiger partial charge on any atom is 0.258 e. The number of nitrogens with zero attached hydrogens (tertiary/aromatic N) is 1. The number of carbonyl (C=O) groups is 1. The number of nitrogens with one attached hydrogen (secondary N) is 2. The number of para-hydroxylation sites is 1. The van der Waals surface area contributed by atoms with Gasteiger partial charge in [-0.1, -0.05) is 96.5 Å². The number of likely N-dealkylation sites (N-methyl/N-ethyl adjacent to an activating group) is 1. The van der Waals surface area contributed by atoms with Crippen LogP contribution in [-0.4, -0.2) is 17.9 Å². The van der Waals surface area contributed by atoms with E-state index in [2.05, 4.69) is 10.5 Å². The lowest BCUT2D eigenvalue weighted by molar-refractivity contribution is -0.144. The minimum Gasteiger partial charge on any atom is -0.355 e. The van der Waals surface area contributed by atoms with E-state index in [9.17, 15) is 4.79 Å². The molecule has 1 atom stereocenters. The van der Waals surface area contributed by atoms with E-state index in [4.69, 9.17) is 16.4 Å². The molecule has 1 amide bonds. The van der Waals surface area contributed by atoms with E-state index in [0.717, 1.165) is 39.0 Å². The SMILES string of the molecule is CN1C(=O)[C@@]2(NOC(c3ccccc3)(c3ccccc3)c3[nH]c4ccccc4c32)c2c(Cl)cccc21. The number of hydrogen-bond acceptors (Lipinski definition) is 3. The Balaban J connectivity index is 1.65. The predicted octanol–water partition coefficient (Wildman–Crippen LogP) is 5.87. The summed E-state index contributed by atoms with van der Waals surface area (Å²) >= 11 is 6.83. The van der Waals surface area contributed by atoms with Crippen LogP contribution in [0.3, 0.4) is 0 Å². The van der Waals surface area contributed by atoms with Crippen molar-refractivity contribution < 1.29 is 9.63 Å². The molecule has 5 nitrogen and oxygen atoms in total. The van der Waals surface area contributed by atoms with Crippen LogP contribution in [0.2, 0.25) is 5.02 Å². The molecule has 1 aromatic heterocycles. The van der Waals surface area contributed by atoms with Crippen molar-refractivity contribution in [2.75, 3.05) is 11.9 Å². The minimum absolute atomic E-state index is 0.147. The Bertz CT molecular complexity index is 1610. The number of aromatic nitrogens is 1. The molecule has 0 saturated heterocycles. The van der Waals surface area contributed by atoms with Gasteiger partial charge in [0.05, 0.1) is 11.4 Å². The van der Waals surface area contributed by atoms with Crippen LogP contribution in [0.1, 0.15) is 27.9 Å². The number of halogens is 1. The first-order chi connectivity index (χ1) is 17.6. The number of carbonyl (C=O) groups excluding carboxylic acids is 1. The Labute approximate surface area is 213 Å². The number of H-pyrrole nitrogens is 1. The molecule has 0 aliphatic carbocycles. The second kappa shape index (κ2) is 7.55. The van der Waals surface area contributed by atoms with Gasteiger partial charge in [-0.3, -0.25) is 9.63 Å². The maximum atomic E-state index is 14.2. The zero-order chi connectivity index (χ0) is 24.5. The molecular formula is C30H22ClN3O2. The summed E-state index contributed by atoms with van der Waals surface area (Å²) in [6.45, 7) is 0. The fraction of sp³-hybridized carbons (Fsp3) is 0.100. The van der Waals surface area contributed by atoms with Gasteiger partial charge < -0.3 is 9.88 Å². The molecule has 1 spiro atoms. The van der Waals surface area contributed by atoms with Crippen molar-refractivity contribution in [2.45, 2.75) is 11.1 Å². The average Bonchev–Trinajstić information content (AvgIpc) is 3.42. The lowest BCUT2D eigenvalue weighted by Crippen LogP contribution is -2.59. The van der Waals surface area contributed by atoms with Crippen molar-refractivity contribution in [1.82, 2.24) is 10.5 Å². The van der Waals surface area contributed by atoms with E-state index in [1.165, 1.54) is 0 Å². The molecule has 0 fully saturated rings. The summed E-state index contributed by atoms with van der Waals surface area (Å²) in [5.74, 6) is -0.147. The highest BCUT2D eigenvalue weighted by molar-refractivity contribution is 6.33. The number of benzene rings is 4. The highest BCUT2D eigenvalue weighted by Crippen LogP contribution is 2.56. The van der Waals surface area contributed by atoms with Gasteiger partial charge >= 0.3 is 0 Å². The summed E-state index contributed by atoms with van der Waals surface area (Å²) in [5, 5.41) is 1.44. The van der Waals surface area contributed by atoms with Gasteiger partial charge in [0.25, 0.3) is 5.91 Å². The number of hydroxylamine groups is 1. The third-order valence-electron chi connectivity index (χ3n) is 7.50. The highest BCUT2D eigenvalue weighted by Gasteiger charge is 2.61. The molecular weight excluding hydrogens is 470 g/mol. The monoisotopic (exact) mass is 491 g/mol. The first-order valence-corrected chi connectivity index (χ1v) is 12.2. The first-order valence-electron chi connectivity index (χ1n) is 11.8. The van der Waals surface area contributed by atoms with Crippen LogP contribution >= 0.6 is 11.6 Å². The van der Waals surface area contributed by atoms with Crippen LogP contribution in [0.15, 0.2) is 103 Å². The van der Waals surface area contributed by atoms with Gasteiger partial charge in [-0.25, -0.2) is 0 Å². The molecule has 3 heterocycles. The molecule has 36 heavy (non-hydrogen) atoms. The molecule has 0 radical (unpaired) electrons. The molecule has 5 aromatic rings. The number of aromatic amines is 1. The quantitative estimate of drug-likeness (QED) is 0.325. The molecule has 2 aliphatic heterocycles. The molecule has 2 N–H and O–H groups in total. The summed E-state index contributed by atoms with van der Waals surface area (Å²) in [6.07, 6.45) is 0. The van der Waals surface area contributed by atoms with Crippen LogP contribution < -0.4 is 10.4 Å². The summed E-state index contributed by atoms with van der Waals surface area (Å²) < 4.78 is 0. The van der Waals surface area contributed by atoms with Crippen LogP contribution in [0, 0.1) is 0 Å². The molecule has 7 rings (SSSR count). The van der Waals surface area contributed by atoms with Crippen molar-refractivity contribution >= 4 is 34.1 Å². The van der Waals surface area contributed by atoms with E-state index in [1.807, 2.05) is 103 Å². The van der Waals surface area contributed by atoms with Crippen molar-refractivity contribution in [2.24, 2.45) is 0 Å². The van der Waals surface area contributed by atoms with Gasteiger partial charge in [0.1, 0.15) is 0 Å². The molecule has 176 valence electrons. The van der Waals surface area contributed by atoms with Gasteiger partial charge in [0.15, 0.2) is 11.1 Å². The van der Waals surface area contributed by atoms with Crippen LogP contribution in [0.25, 0.3) is 10.9 Å². The highest BCUT2D eigenvalue weighted by atomic mass is 35.5. The average molecular weight is 492 g/mol. The van der Waals surface area contributed by atoms with Crippen molar-refractivity contribution in [3.05, 3.63) is 136 Å². The van der Waals surface area contributed by atoms with Crippen molar-refractivity contribution in [1.29, 1.82) is 0 Å². The predicted molar refractivity (Wildman–Crippen MR) is 141 cm³/mol. The van der Waals surface area contributed by atoms with E-state index >= 15 is 0 Å². The Morgan fingerprint density at radius 3 is 2.11 bits per heavy atom. The number of amides is 1. The van der Waals surface area contributed by atoms with Crippen molar-refractivity contribution in [3.8, 4) is 0 Å². The molecule has 0 bridgehead atoms. The summed E-state index contributed by atoms with van der Waals surface area (Å²) in [4.78, 5) is 26.3. The Morgan fingerprint density at radius 1 is 0.778 bits per heavy atom. The zero-order valence-corrected chi connectivity index (χ0v) is 20.2. The van der Waals surface area contributed by atoms with E-state index < -0.39 is 11.1 Å². The third-order valence-corrected chi connectivity index (χ3v) is 7.82. The topological polar surface area (TPSA) is 57.4 Å². The largest absolute Gasteiger partial charge is 0.355 e. The Hall–Kier alpha value is -3.90. The summed E-state index contributed by atoms with van der Waals surface area (Å²) in [7, 11) is 1.78. The van der Waals surface area contributed by atoms with Crippen LogP contribution in [-0.2, 0) is 20.8 Å². The molecule has 6 heteroatoms. The Kier molecular flexibility index (Phi) is 4.48. The zero-order valence-electron chi connectivity index (χ0n) is 19.5. The van der Waals surface area contributed by atoms with E-state index in [1.54, 1.807) is 11.9 Å². The lowest BCUT2D eigenvalue weighted by atomic mass is 9.74. The fourth-order valence-corrected chi connectivity index (χ4v) is 6.24. The molecule has 0 unspecified atom stereocenters. The van der Waals surface area contributed by atoms with Crippen LogP contribution in [0.5, 0.6) is 0 Å². The second-order valence-electron chi connectivity index (χ2n) is 9.29. The van der Waals surface area contributed by atoms with Crippen molar-refractivity contribution in [3.63, 3.8) is 0 Å². The molecule has 2 aliphatic rings. The van der Waals surface area contributed by atoms with E-state index in [0.29, 0.717) is 10.6 Å². The van der Waals surface area contributed by atoms with Gasteiger partial charge in [-0.15, -0.1) is 0 Å². The van der Waals surface area contributed by atoms with Gasteiger partial charge in [0.2, 0.25) is 0 Å². The fourth-order valence-electron chi connectivity index (χ4n) is 5.93. The van der Waals surface area contributed by atoms with Gasteiger partial charge in [-0.05, 0) is 29.3 Å². The number of anilines is 1. The second-order valence-corrected chi connectivity index (χ2v) is 9.69. The minimum atomic E-state index is -1.32. The number of hydrogen-bond donors (Lipinski definition) is 2. The standard InChI is InChI=1S/C30H22ClN3O2/c1-34-24-18-10-16-22(31)26(24)29(28(34)35)25-21-15-8-9-17-23(21)32-27(25)30(36-33-29,19-11-4-2-5-12-19)20-13-6-3-7-14-20/h2-18,32-33H,1H3/t29-/m0/s1.